The molecule has 6 nitrogen and oxygen atoms in total. The van der Waals surface area contributed by atoms with E-state index in [4.69, 9.17) is 0 Å². The van der Waals surface area contributed by atoms with E-state index in [2.05, 4.69) is 4.98 Å². The van der Waals surface area contributed by atoms with Crippen LogP contribution in [0.5, 0.6) is 0 Å². The highest BCUT2D eigenvalue weighted by atomic mass is 19.1. The average molecular weight is 433 g/mol. The molecule has 1 saturated carbocycles. The zero-order valence-electron chi connectivity index (χ0n) is 17.8. The summed E-state index contributed by atoms with van der Waals surface area (Å²) in [7, 11) is 0. The summed E-state index contributed by atoms with van der Waals surface area (Å²) in [5.74, 6) is -1.25. The SMILES string of the molecule is Cc1ccc2nc(-c3ccc(C(=O)N4CCN(C(=O)C5(O)CC5)CC4)c(F)c3)ccc2c1. The van der Waals surface area contributed by atoms with E-state index in [1.807, 2.05) is 37.3 Å². The molecule has 2 heterocycles. The number of aryl methyl sites for hydroxylation is 1. The van der Waals surface area contributed by atoms with Crippen LogP contribution < -0.4 is 0 Å². The van der Waals surface area contributed by atoms with Crippen molar-refractivity contribution in [2.24, 2.45) is 0 Å². The van der Waals surface area contributed by atoms with Gasteiger partial charge in [-0.15, -0.1) is 0 Å². The molecule has 2 amide bonds. The van der Waals surface area contributed by atoms with Crippen molar-refractivity contribution < 1.29 is 19.1 Å². The van der Waals surface area contributed by atoms with Crippen LogP contribution in [-0.4, -0.2) is 63.5 Å². The molecule has 1 aromatic heterocycles. The lowest BCUT2D eigenvalue weighted by Crippen LogP contribution is -2.53. The number of amides is 2. The molecule has 1 aliphatic carbocycles. The third kappa shape index (κ3) is 3.73. The molecule has 1 saturated heterocycles. The second kappa shape index (κ2) is 7.67. The molecule has 3 aromatic rings. The number of halogens is 1. The van der Waals surface area contributed by atoms with Crippen LogP contribution >= 0.6 is 0 Å². The zero-order valence-corrected chi connectivity index (χ0v) is 17.8. The first-order chi connectivity index (χ1) is 15.3. The lowest BCUT2D eigenvalue weighted by atomic mass is 10.0. The van der Waals surface area contributed by atoms with Gasteiger partial charge in [-0.3, -0.25) is 9.59 Å². The number of nitrogens with zero attached hydrogens (tertiary/aromatic N) is 3. The van der Waals surface area contributed by atoms with E-state index < -0.39 is 17.3 Å². The van der Waals surface area contributed by atoms with Crippen molar-refractivity contribution in [2.75, 3.05) is 26.2 Å². The number of hydrogen-bond donors (Lipinski definition) is 1. The van der Waals surface area contributed by atoms with Crippen molar-refractivity contribution in [3.63, 3.8) is 0 Å². The van der Waals surface area contributed by atoms with Gasteiger partial charge in [0.15, 0.2) is 0 Å². The number of piperazine rings is 1. The summed E-state index contributed by atoms with van der Waals surface area (Å²) in [6, 6.07) is 14.3. The molecule has 2 aromatic carbocycles. The molecule has 0 radical (unpaired) electrons. The largest absolute Gasteiger partial charge is 0.380 e. The first kappa shape index (κ1) is 20.6. The summed E-state index contributed by atoms with van der Waals surface area (Å²) >= 11 is 0. The van der Waals surface area contributed by atoms with Gasteiger partial charge in [-0.05, 0) is 50.1 Å². The molecule has 0 atom stereocenters. The van der Waals surface area contributed by atoms with E-state index >= 15 is 0 Å². The Labute approximate surface area is 185 Å². The number of hydrogen-bond acceptors (Lipinski definition) is 4. The Kier molecular flexibility index (Phi) is 4.93. The Bertz CT molecular complexity index is 1230. The van der Waals surface area contributed by atoms with Crippen molar-refractivity contribution >= 4 is 22.7 Å². The number of carbonyl (C=O) groups is 2. The molecule has 0 spiro atoms. The molecular weight excluding hydrogens is 409 g/mol. The minimum absolute atomic E-state index is 0.00534. The quantitative estimate of drug-likeness (QED) is 0.689. The van der Waals surface area contributed by atoms with Crippen LogP contribution in [0.4, 0.5) is 4.39 Å². The molecular formula is C25H24FN3O3. The molecule has 2 aliphatic rings. The van der Waals surface area contributed by atoms with Gasteiger partial charge in [-0.2, -0.15) is 0 Å². The molecule has 164 valence electrons. The van der Waals surface area contributed by atoms with Gasteiger partial charge in [0, 0.05) is 37.1 Å². The van der Waals surface area contributed by atoms with Crippen molar-refractivity contribution in [3.8, 4) is 11.3 Å². The monoisotopic (exact) mass is 433 g/mol. The van der Waals surface area contributed by atoms with E-state index in [0.29, 0.717) is 50.3 Å². The highest BCUT2D eigenvalue weighted by Gasteiger charge is 2.50. The van der Waals surface area contributed by atoms with Crippen LogP contribution in [0.15, 0.2) is 48.5 Å². The molecule has 1 N–H and O–H groups in total. The standard InChI is InChI=1S/C25H24FN3O3/c1-16-2-6-21-17(14-16)4-7-22(27-21)18-3-5-19(20(26)15-18)23(30)28-10-12-29(13-11-28)24(31)25(32)8-9-25/h2-7,14-15,32H,8-13H2,1H3. The van der Waals surface area contributed by atoms with E-state index in [9.17, 15) is 19.1 Å². The minimum Gasteiger partial charge on any atom is -0.380 e. The Morgan fingerprint density at radius 1 is 0.969 bits per heavy atom. The van der Waals surface area contributed by atoms with Crippen LogP contribution in [0.1, 0.15) is 28.8 Å². The van der Waals surface area contributed by atoms with Crippen molar-refractivity contribution in [1.29, 1.82) is 0 Å². The maximum atomic E-state index is 14.9. The highest BCUT2D eigenvalue weighted by molar-refractivity contribution is 5.95. The van der Waals surface area contributed by atoms with Crippen LogP contribution in [0.2, 0.25) is 0 Å². The predicted molar refractivity (Wildman–Crippen MR) is 119 cm³/mol. The van der Waals surface area contributed by atoms with Gasteiger partial charge in [0.05, 0.1) is 16.8 Å². The predicted octanol–water partition coefficient (Wildman–Crippen LogP) is 3.16. The van der Waals surface area contributed by atoms with Gasteiger partial charge in [-0.1, -0.05) is 23.8 Å². The van der Waals surface area contributed by atoms with Gasteiger partial charge in [-0.25, -0.2) is 9.37 Å². The third-order valence-corrected chi connectivity index (χ3v) is 6.32. The topological polar surface area (TPSA) is 73.7 Å². The Morgan fingerprint density at radius 2 is 1.69 bits per heavy atom. The molecule has 32 heavy (non-hydrogen) atoms. The number of benzene rings is 2. The van der Waals surface area contributed by atoms with E-state index in [0.717, 1.165) is 16.5 Å². The highest BCUT2D eigenvalue weighted by Crippen LogP contribution is 2.37. The number of aromatic nitrogens is 1. The second-order valence-electron chi connectivity index (χ2n) is 8.70. The molecule has 0 bridgehead atoms. The molecule has 1 aliphatic heterocycles. The van der Waals surface area contributed by atoms with Gasteiger partial charge in [0.1, 0.15) is 11.4 Å². The van der Waals surface area contributed by atoms with Crippen LogP contribution in [0, 0.1) is 12.7 Å². The van der Waals surface area contributed by atoms with Crippen LogP contribution in [-0.2, 0) is 4.79 Å². The molecule has 7 heteroatoms. The van der Waals surface area contributed by atoms with E-state index in [1.165, 1.54) is 12.1 Å². The Hall–Kier alpha value is -3.32. The van der Waals surface area contributed by atoms with Crippen LogP contribution in [0.3, 0.4) is 0 Å². The maximum Gasteiger partial charge on any atom is 0.256 e. The third-order valence-electron chi connectivity index (χ3n) is 6.32. The summed E-state index contributed by atoms with van der Waals surface area (Å²) < 4.78 is 14.9. The zero-order chi connectivity index (χ0) is 22.5. The molecule has 0 unspecified atom stereocenters. The summed E-state index contributed by atoms with van der Waals surface area (Å²) in [4.78, 5) is 32.9. The summed E-state index contributed by atoms with van der Waals surface area (Å²) in [6.07, 6.45) is 0.989. The fourth-order valence-corrected chi connectivity index (χ4v) is 4.16. The minimum atomic E-state index is -1.20. The maximum absolute atomic E-state index is 14.9. The summed E-state index contributed by atoms with van der Waals surface area (Å²) in [6.45, 7) is 3.33. The van der Waals surface area contributed by atoms with Crippen molar-refractivity contribution in [1.82, 2.24) is 14.8 Å². The van der Waals surface area contributed by atoms with Gasteiger partial charge in [0.2, 0.25) is 0 Å². The smallest absolute Gasteiger partial charge is 0.256 e. The normalized spacial score (nSPS) is 17.5. The van der Waals surface area contributed by atoms with Crippen molar-refractivity contribution in [3.05, 3.63) is 65.5 Å². The first-order valence-corrected chi connectivity index (χ1v) is 10.8. The lowest BCUT2D eigenvalue weighted by molar-refractivity contribution is -0.143. The first-order valence-electron chi connectivity index (χ1n) is 10.8. The molecule has 5 rings (SSSR count). The fourth-order valence-electron chi connectivity index (χ4n) is 4.16. The van der Waals surface area contributed by atoms with Gasteiger partial charge < -0.3 is 14.9 Å². The van der Waals surface area contributed by atoms with Gasteiger partial charge in [0.25, 0.3) is 11.8 Å². The number of fused-ring (bicyclic) bond motifs is 1. The van der Waals surface area contributed by atoms with Gasteiger partial charge >= 0.3 is 0 Å². The van der Waals surface area contributed by atoms with Crippen LogP contribution in [0.25, 0.3) is 22.2 Å². The summed E-state index contributed by atoms with van der Waals surface area (Å²) in [5.41, 5.74) is 2.03. The lowest BCUT2D eigenvalue weighted by Gasteiger charge is -2.35. The fraction of sp³-hybridized carbons (Fsp3) is 0.320. The van der Waals surface area contributed by atoms with E-state index in [-0.39, 0.29) is 11.5 Å². The van der Waals surface area contributed by atoms with Crippen molar-refractivity contribution in [2.45, 2.75) is 25.4 Å². The number of pyridine rings is 1. The summed E-state index contributed by atoms with van der Waals surface area (Å²) in [5, 5.41) is 11.0. The number of aliphatic hydroxyl groups is 1. The Balaban J connectivity index is 1.31. The average Bonchev–Trinajstić information content (AvgIpc) is 3.56. The number of carbonyl (C=O) groups excluding carboxylic acids is 2. The van der Waals surface area contributed by atoms with E-state index in [1.54, 1.807) is 15.9 Å². The molecule has 2 fully saturated rings. The number of rotatable bonds is 3. The Morgan fingerprint density at radius 3 is 2.38 bits per heavy atom. The second-order valence-corrected chi connectivity index (χ2v) is 8.70.